The average molecular weight is 383 g/mol. The Kier molecular flexibility index (Phi) is 4.85. The number of amides is 1. The number of anilines is 1. The summed E-state index contributed by atoms with van der Waals surface area (Å²) in [5.41, 5.74) is 1.57. The topological polar surface area (TPSA) is 76.2 Å². The van der Waals surface area contributed by atoms with Crippen LogP contribution in [0.25, 0.3) is 11.5 Å². The second kappa shape index (κ2) is 7.46. The summed E-state index contributed by atoms with van der Waals surface area (Å²) in [6.07, 6.45) is 4.93. The predicted molar refractivity (Wildman–Crippen MR) is 102 cm³/mol. The van der Waals surface area contributed by atoms with Crippen molar-refractivity contribution in [2.75, 3.05) is 18.4 Å². The van der Waals surface area contributed by atoms with Gasteiger partial charge in [-0.15, -0.1) is 0 Å². The van der Waals surface area contributed by atoms with E-state index in [1.165, 1.54) is 6.07 Å². The standard InChI is InChI=1S/C20H22FN5O2/c1-13-18(24-19(28-13)14-11-22-25(2)12-14)20(27)26-9-7-15(8-10-26)23-17-6-4-3-5-16(17)21/h3-6,11-12,15,23H,7-10H2,1-2H3. The zero-order chi connectivity index (χ0) is 19.7. The van der Waals surface area contributed by atoms with Crippen molar-refractivity contribution in [1.29, 1.82) is 0 Å². The average Bonchev–Trinajstić information content (AvgIpc) is 3.29. The van der Waals surface area contributed by atoms with Crippen LogP contribution in [-0.4, -0.2) is 44.7 Å². The zero-order valence-electron chi connectivity index (χ0n) is 15.9. The number of aryl methyl sites for hydroxylation is 2. The summed E-state index contributed by atoms with van der Waals surface area (Å²) in [5, 5.41) is 7.33. The Morgan fingerprint density at radius 2 is 2.04 bits per heavy atom. The molecule has 2 aromatic heterocycles. The molecule has 4 rings (SSSR count). The van der Waals surface area contributed by atoms with Gasteiger partial charge in [0.05, 0.1) is 17.4 Å². The van der Waals surface area contributed by atoms with E-state index in [-0.39, 0.29) is 17.8 Å². The third kappa shape index (κ3) is 3.62. The quantitative estimate of drug-likeness (QED) is 0.749. The smallest absolute Gasteiger partial charge is 0.276 e. The highest BCUT2D eigenvalue weighted by Gasteiger charge is 2.28. The molecule has 28 heavy (non-hydrogen) atoms. The zero-order valence-corrected chi connectivity index (χ0v) is 15.9. The molecular formula is C20H22FN5O2. The molecule has 1 aliphatic heterocycles. The molecule has 1 aliphatic rings. The summed E-state index contributed by atoms with van der Waals surface area (Å²) >= 11 is 0. The van der Waals surface area contributed by atoms with E-state index in [2.05, 4.69) is 15.4 Å². The molecule has 0 atom stereocenters. The van der Waals surface area contributed by atoms with Gasteiger partial charge in [0.25, 0.3) is 5.91 Å². The summed E-state index contributed by atoms with van der Waals surface area (Å²) in [7, 11) is 1.81. The van der Waals surface area contributed by atoms with Gasteiger partial charge in [-0.1, -0.05) is 12.1 Å². The fourth-order valence-electron chi connectivity index (χ4n) is 3.42. The summed E-state index contributed by atoms with van der Waals surface area (Å²) in [6, 6.07) is 6.77. The largest absolute Gasteiger partial charge is 0.440 e. The maximum Gasteiger partial charge on any atom is 0.276 e. The van der Waals surface area contributed by atoms with Crippen molar-refractivity contribution in [3.05, 3.63) is 53.9 Å². The monoisotopic (exact) mass is 383 g/mol. The Hall–Kier alpha value is -3.16. The molecule has 1 saturated heterocycles. The van der Waals surface area contributed by atoms with Gasteiger partial charge in [-0.2, -0.15) is 5.10 Å². The molecule has 1 fully saturated rings. The van der Waals surface area contributed by atoms with Crippen molar-refractivity contribution < 1.29 is 13.6 Å². The number of para-hydroxylation sites is 1. The first kappa shape index (κ1) is 18.2. The maximum absolute atomic E-state index is 13.8. The Morgan fingerprint density at radius 3 is 2.71 bits per heavy atom. The predicted octanol–water partition coefficient (Wildman–Crippen LogP) is 3.24. The van der Waals surface area contributed by atoms with E-state index in [1.54, 1.807) is 47.1 Å². The van der Waals surface area contributed by atoms with Gasteiger partial charge in [0.2, 0.25) is 5.89 Å². The Bertz CT molecular complexity index is 988. The maximum atomic E-state index is 13.8. The third-order valence-electron chi connectivity index (χ3n) is 4.97. The minimum absolute atomic E-state index is 0.130. The van der Waals surface area contributed by atoms with Crippen LogP contribution in [0.4, 0.5) is 10.1 Å². The van der Waals surface area contributed by atoms with Crippen LogP contribution >= 0.6 is 0 Å². The Labute approximate surface area is 162 Å². The van der Waals surface area contributed by atoms with E-state index in [1.807, 2.05) is 7.05 Å². The number of rotatable bonds is 4. The van der Waals surface area contributed by atoms with E-state index < -0.39 is 0 Å². The lowest BCUT2D eigenvalue weighted by Gasteiger charge is -2.32. The van der Waals surface area contributed by atoms with Crippen molar-refractivity contribution in [3.8, 4) is 11.5 Å². The lowest BCUT2D eigenvalue weighted by molar-refractivity contribution is 0.0711. The molecule has 3 aromatic rings. The molecule has 1 aromatic carbocycles. The van der Waals surface area contributed by atoms with Crippen LogP contribution < -0.4 is 5.32 Å². The molecule has 0 radical (unpaired) electrons. The first-order chi connectivity index (χ1) is 13.5. The van der Waals surface area contributed by atoms with Crippen LogP contribution in [0.3, 0.4) is 0 Å². The Balaban J connectivity index is 1.40. The van der Waals surface area contributed by atoms with Crippen molar-refractivity contribution >= 4 is 11.6 Å². The van der Waals surface area contributed by atoms with Gasteiger partial charge in [-0.25, -0.2) is 9.37 Å². The molecule has 1 amide bonds. The van der Waals surface area contributed by atoms with E-state index >= 15 is 0 Å². The minimum Gasteiger partial charge on any atom is -0.440 e. The number of carbonyl (C=O) groups is 1. The molecule has 1 N–H and O–H groups in total. The van der Waals surface area contributed by atoms with E-state index in [4.69, 9.17) is 4.42 Å². The fraction of sp³-hybridized carbons (Fsp3) is 0.350. The summed E-state index contributed by atoms with van der Waals surface area (Å²) < 4.78 is 21.1. The van der Waals surface area contributed by atoms with Crippen LogP contribution in [-0.2, 0) is 7.05 Å². The number of hydrogen-bond acceptors (Lipinski definition) is 5. The summed E-state index contributed by atoms with van der Waals surface area (Å²) in [6.45, 7) is 2.91. The molecular weight excluding hydrogens is 361 g/mol. The number of benzene rings is 1. The van der Waals surface area contributed by atoms with E-state index in [0.717, 1.165) is 18.4 Å². The number of oxazole rings is 1. The van der Waals surface area contributed by atoms with Crippen LogP contribution in [0.1, 0.15) is 29.1 Å². The molecule has 0 unspecified atom stereocenters. The van der Waals surface area contributed by atoms with Gasteiger partial charge in [0, 0.05) is 32.4 Å². The van der Waals surface area contributed by atoms with Crippen molar-refractivity contribution in [2.24, 2.45) is 7.05 Å². The molecule has 0 spiro atoms. The number of aromatic nitrogens is 3. The second-order valence-corrected chi connectivity index (χ2v) is 7.02. The third-order valence-corrected chi connectivity index (χ3v) is 4.97. The van der Waals surface area contributed by atoms with Crippen LogP contribution in [0.5, 0.6) is 0 Å². The highest BCUT2D eigenvalue weighted by molar-refractivity contribution is 5.93. The molecule has 7 nitrogen and oxygen atoms in total. The highest BCUT2D eigenvalue weighted by atomic mass is 19.1. The Morgan fingerprint density at radius 1 is 1.29 bits per heavy atom. The van der Waals surface area contributed by atoms with Gasteiger partial charge in [-0.05, 0) is 31.9 Å². The number of likely N-dealkylation sites (tertiary alicyclic amines) is 1. The number of halogens is 1. The lowest BCUT2D eigenvalue weighted by atomic mass is 10.0. The van der Waals surface area contributed by atoms with Gasteiger partial charge < -0.3 is 14.6 Å². The van der Waals surface area contributed by atoms with E-state index in [9.17, 15) is 9.18 Å². The van der Waals surface area contributed by atoms with Gasteiger partial charge in [0.1, 0.15) is 11.6 Å². The molecule has 0 bridgehead atoms. The number of nitrogens with zero attached hydrogens (tertiary/aromatic N) is 4. The number of nitrogens with one attached hydrogen (secondary N) is 1. The van der Waals surface area contributed by atoms with Crippen LogP contribution in [0, 0.1) is 12.7 Å². The second-order valence-electron chi connectivity index (χ2n) is 7.02. The summed E-state index contributed by atoms with van der Waals surface area (Å²) in [5.74, 6) is 0.489. The summed E-state index contributed by atoms with van der Waals surface area (Å²) in [4.78, 5) is 19.1. The molecule has 8 heteroatoms. The first-order valence-electron chi connectivity index (χ1n) is 9.28. The van der Waals surface area contributed by atoms with Crippen LogP contribution in [0.2, 0.25) is 0 Å². The van der Waals surface area contributed by atoms with Crippen molar-refractivity contribution in [2.45, 2.75) is 25.8 Å². The highest BCUT2D eigenvalue weighted by Crippen LogP contribution is 2.24. The molecule has 0 aliphatic carbocycles. The van der Waals surface area contributed by atoms with Crippen LogP contribution in [0.15, 0.2) is 41.1 Å². The van der Waals surface area contributed by atoms with E-state index in [0.29, 0.717) is 36.1 Å². The lowest BCUT2D eigenvalue weighted by Crippen LogP contribution is -2.42. The first-order valence-corrected chi connectivity index (χ1v) is 9.28. The SMILES string of the molecule is Cc1oc(-c2cnn(C)c2)nc1C(=O)N1CCC(Nc2ccccc2F)CC1. The molecule has 3 heterocycles. The number of piperidine rings is 1. The van der Waals surface area contributed by atoms with Gasteiger partial charge in [0.15, 0.2) is 5.69 Å². The van der Waals surface area contributed by atoms with Gasteiger partial charge >= 0.3 is 0 Å². The normalized spacial score (nSPS) is 15.0. The fourth-order valence-corrected chi connectivity index (χ4v) is 3.42. The molecule has 0 saturated carbocycles. The van der Waals surface area contributed by atoms with Crippen molar-refractivity contribution in [3.63, 3.8) is 0 Å². The number of hydrogen-bond donors (Lipinski definition) is 1. The molecule has 146 valence electrons. The number of carbonyl (C=O) groups excluding carboxylic acids is 1. The van der Waals surface area contributed by atoms with Crippen molar-refractivity contribution in [1.82, 2.24) is 19.7 Å². The van der Waals surface area contributed by atoms with Gasteiger partial charge in [-0.3, -0.25) is 9.48 Å². The minimum atomic E-state index is -0.262.